The minimum atomic E-state index is -0.241. The lowest BCUT2D eigenvalue weighted by Crippen LogP contribution is -2.07. The summed E-state index contributed by atoms with van der Waals surface area (Å²) in [5, 5.41) is 13.8. The summed E-state index contributed by atoms with van der Waals surface area (Å²) in [6.45, 7) is 0. The number of rotatable bonds is 6. The predicted octanol–water partition coefficient (Wildman–Crippen LogP) is 2.33. The molecule has 26 heavy (non-hydrogen) atoms. The Balaban J connectivity index is 1.64. The summed E-state index contributed by atoms with van der Waals surface area (Å²) < 4.78 is 12.0. The molecule has 8 heteroatoms. The van der Waals surface area contributed by atoms with Gasteiger partial charge in [0.2, 0.25) is 5.91 Å². The summed E-state index contributed by atoms with van der Waals surface area (Å²) in [6, 6.07) is 12.6. The van der Waals surface area contributed by atoms with Gasteiger partial charge in [-0.3, -0.25) is 4.79 Å². The van der Waals surface area contributed by atoms with Gasteiger partial charge in [0.1, 0.15) is 6.33 Å². The molecule has 132 valence electrons. The molecule has 0 saturated heterocycles. The minimum absolute atomic E-state index is 0.241. The Hall–Kier alpha value is -3.68. The van der Waals surface area contributed by atoms with Gasteiger partial charge >= 0.3 is 0 Å². The largest absolute Gasteiger partial charge is 0.493 e. The van der Waals surface area contributed by atoms with Crippen molar-refractivity contribution < 1.29 is 14.3 Å². The normalized spacial score (nSPS) is 10.7. The Kier molecular flexibility index (Phi) is 5.23. The summed E-state index contributed by atoms with van der Waals surface area (Å²) in [5.41, 5.74) is 2.30. The fraction of sp³-hybridized carbons (Fsp3) is 0.111. The molecule has 0 aliphatic rings. The van der Waals surface area contributed by atoms with Crippen molar-refractivity contribution in [1.29, 1.82) is 0 Å². The topological polar surface area (TPSA) is 91.2 Å². The van der Waals surface area contributed by atoms with Crippen LogP contribution in [0.3, 0.4) is 0 Å². The third kappa shape index (κ3) is 4.04. The van der Waals surface area contributed by atoms with Gasteiger partial charge in [-0.15, -0.1) is 5.10 Å². The summed E-state index contributed by atoms with van der Waals surface area (Å²) in [7, 11) is 3.14. The number of carbonyl (C=O) groups excluding carboxylic acids is 1. The molecule has 0 bridgehead atoms. The zero-order valence-electron chi connectivity index (χ0n) is 14.3. The van der Waals surface area contributed by atoms with Crippen LogP contribution in [0.15, 0.2) is 54.9 Å². The van der Waals surface area contributed by atoms with Crippen LogP contribution in [0.25, 0.3) is 11.8 Å². The number of tetrazole rings is 1. The van der Waals surface area contributed by atoms with E-state index < -0.39 is 0 Å². The maximum absolute atomic E-state index is 12.1. The van der Waals surface area contributed by atoms with E-state index in [0.717, 1.165) is 11.3 Å². The second-order valence-electron chi connectivity index (χ2n) is 5.24. The van der Waals surface area contributed by atoms with E-state index in [0.29, 0.717) is 17.2 Å². The second kappa shape index (κ2) is 7.93. The molecule has 0 aliphatic carbocycles. The van der Waals surface area contributed by atoms with Gasteiger partial charge in [-0.1, -0.05) is 6.07 Å². The summed E-state index contributed by atoms with van der Waals surface area (Å²) in [6.07, 6.45) is 4.66. The number of benzene rings is 2. The number of hydrogen-bond donors (Lipinski definition) is 1. The number of ether oxygens (including phenoxy) is 2. The molecular formula is C18H17N5O3. The van der Waals surface area contributed by atoms with Gasteiger partial charge in [0, 0.05) is 11.8 Å². The molecule has 0 saturated carbocycles. The Morgan fingerprint density at radius 3 is 2.50 bits per heavy atom. The third-order valence-corrected chi connectivity index (χ3v) is 3.58. The molecule has 0 radical (unpaired) electrons. The quantitative estimate of drug-likeness (QED) is 0.686. The summed E-state index contributed by atoms with van der Waals surface area (Å²) >= 11 is 0. The third-order valence-electron chi connectivity index (χ3n) is 3.58. The molecule has 0 aliphatic heterocycles. The van der Waals surface area contributed by atoms with Crippen LogP contribution >= 0.6 is 0 Å². The highest BCUT2D eigenvalue weighted by Crippen LogP contribution is 2.27. The number of nitrogens with zero attached hydrogens (tertiary/aromatic N) is 4. The Morgan fingerprint density at radius 2 is 1.85 bits per heavy atom. The predicted molar refractivity (Wildman–Crippen MR) is 96.4 cm³/mol. The monoisotopic (exact) mass is 351 g/mol. The van der Waals surface area contributed by atoms with Crippen LogP contribution < -0.4 is 14.8 Å². The Bertz CT molecular complexity index is 905. The molecule has 0 unspecified atom stereocenters. The van der Waals surface area contributed by atoms with Gasteiger partial charge in [-0.2, -0.15) is 0 Å². The van der Waals surface area contributed by atoms with Gasteiger partial charge in [0.25, 0.3) is 0 Å². The van der Waals surface area contributed by atoms with E-state index in [4.69, 9.17) is 9.47 Å². The van der Waals surface area contributed by atoms with Crippen molar-refractivity contribution in [1.82, 2.24) is 20.2 Å². The van der Waals surface area contributed by atoms with E-state index in [9.17, 15) is 4.79 Å². The van der Waals surface area contributed by atoms with Crippen LogP contribution in [-0.4, -0.2) is 40.3 Å². The Labute approximate surface area is 150 Å². The zero-order valence-corrected chi connectivity index (χ0v) is 14.3. The van der Waals surface area contributed by atoms with E-state index in [1.807, 2.05) is 18.2 Å². The molecule has 3 aromatic rings. The first-order valence-corrected chi connectivity index (χ1v) is 7.74. The first-order chi connectivity index (χ1) is 12.7. The number of methoxy groups -OCH3 is 2. The average Bonchev–Trinajstić information content (AvgIpc) is 3.21. The van der Waals surface area contributed by atoms with Crippen LogP contribution in [0.4, 0.5) is 5.69 Å². The first kappa shape index (κ1) is 17.2. The maximum atomic E-state index is 12.1. The molecule has 0 fully saturated rings. The fourth-order valence-electron chi connectivity index (χ4n) is 2.29. The Morgan fingerprint density at radius 1 is 1.08 bits per heavy atom. The van der Waals surface area contributed by atoms with Gasteiger partial charge < -0.3 is 14.8 Å². The van der Waals surface area contributed by atoms with Crippen molar-refractivity contribution in [3.8, 4) is 17.2 Å². The van der Waals surface area contributed by atoms with Gasteiger partial charge in [0.15, 0.2) is 11.5 Å². The summed E-state index contributed by atoms with van der Waals surface area (Å²) in [5.74, 6) is 1.000. The van der Waals surface area contributed by atoms with Crippen LogP contribution in [0, 0.1) is 0 Å². The smallest absolute Gasteiger partial charge is 0.248 e. The van der Waals surface area contributed by atoms with Crippen LogP contribution in [-0.2, 0) is 4.79 Å². The molecule has 0 spiro atoms. The fourth-order valence-corrected chi connectivity index (χ4v) is 2.29. The molecule has 1 aromatic heterocycles. The van der Waals surface area contributed by atoms with Crippen molar-refractivity contribution in [2.24, 2.45) is 0 Å². The van der Waals surface area contributed by atoms with E-state index >= 15 is 0 Å². The van der Waals surface area contributed by atoms with E-state index in [2.05, 4.69) is 20.8 Å². The lowest BCUT2D eigenvalue weighted by molar-refractivity contribution is -0.111. The number of hydrogen-bond acceptors (Lipinski definition) is 6. The van der Waals surface area contributed by atoms with Gasteiger partial charge in [-0.25, -0.2) is 4.68 Å². The van der Waals surface area contributed by atoms with Crippen molar-refractivity contribution >= 4 is 17.7 Å². The maximum Gasteiger partial charge on any atom is 0.248 e. The standard InChI is InChI=1S/C18H17N5O3/c1-25-16-9-3-13(11-17(16)26-2)4-10-18(24)20-14-5-7-15(8-6-14)23-12-19-21-22-23/h3-12H,1-2H3,(H,20,24)/b10-4+. The summed E-state index contributed by atoms with van der Waals surface area (Å²) in [4.78, 5) is 12.1. The highest BCUT2D eigenvalue weighted by Gasteiger charge is 2.04. The lowest BCUT2D eigenvalue weighted by atomic mass is 10.2. The molecule has 1 N–H and O–H groups in total. The first-order valence-electron chi connectivity index (χ1n) is 7.74. The van der Waals surface area contributed by atoms with Crippen LogP contribution in [0.5, 0.6) is 11.5 Å². The van der Waals surface area contributed by atoms with Crippen LogP contribution in [0.2, 0.25) is 0 Å². The number of aromatic nitrogens is 4. The van der Waals surface area contributed by atoms with Crippen molar-refractivity contribution in [3.63, 3.8) is 0 Å². The SMILES string of the molecule is COc1ccc(/C=C/C(=O)Nc2ccc(-n3cnnn3)cc2)cc1OC. The van der Waals surface area contributed by atoms with Crippen LogP contribution in [0.1, 0.15) is 5.56 Å². The minimum Gasteiger partial charge on any atom is -0.493 e. The molecule has 3 rings (SSSR count). The highest BCUT2D eigenvalue weighted by atomic mass is 16.5. The second-order valence-corrected chi connectivity index (χ2v) is 5.24. The molecule has 1 amide bonds. The highest BCUT2D eigenvalue weighted by molar-refractivity contribution is 6.02. The van der Waals surface area contributed by atoms with Crippen molar-refractivity contribution in [3.05, 3.63) is 60.4 Å². The number of anilines is 1. The van der Waals surface area contributed by atoms with Crippen molar-refractivity contribution in [2.45, 2.75) is 0 Å². The number of carbonyl (C=O) groups is 1. The molecule has 1 heterocycles. The van der Waals surface area contributed by atoms with E-state index in [1.54, 1.807) is 44.6 Å². The number of amides is 1. The molecule has 2 aromatic carbocycles. The van der Waals surface area contributed by atoms with E-state index in [1.165, 1.54) is 17.1 Å². The van der Waals surface area contributed by atoms with E-state index in [-0.39, 0.29) is 5.91 Å². The lowest BCUT2D eigenvalue weighted by Gasteiger charge is -2.07. The number of nitrogens with one attached hydrogen (secondary N) is 1. The molecule has 0 atom stereocenters. The van der Waals surface area contributed by atoms with Crippen molar-refractivity contribution in [2.75, 3.05) is 19.5 Å². The van der Waals surface area contributed by atoms with Gasteiger partial charge in [-0.05, 0) is 58.5 Å². The molecule has 8 nitrogen and oxygen atoms in total. The molecular weight excluding hydrogens is 334 g/mol. The van der Waals surface area contributed by atoms with Gasteiger partial charge in [0.05, 0.1) is 19.9 Å². The zero-order chi connectivity index (χ0) is 18.4. The average molecular weight is 351 g/mol.